The fraction of sp³-hybridized carbons (Fsp3) is 0.133. The quantitative estimate of drug-likeness (QED) is 0.870. The average molecular weight is 287 g/mol. The average Bonchev–Trinajstić information content (AvgIpc) is 2.69. The monoisotopic (exact) mass is 287 g/mol. The molecule has 1 aromatic heterocycles. The molecule has 1 aromatic carbocycles. The van der Waals surface area contributed by atoms with Crippen LogP contribution in [0.3, 0.4) is 0 Å². The minimum atomic E-state index is -3.42. The Morgan fingerprint density at radius 1 is 1.25 bits per heavy atom. The van der Waals surface area contributed by atoms with Crippen molar-refractivity contribution < 1.29 is 13.2 Å². The Bertz CT molecular complexity index is 780. The molecule has 5 heteroatoms. The van der Waals surface area contributed by atoms with Crippen LogP contribution in [-0.2, 0) is 9.84 Å². The second-order valence-electron chi connectivity index (χ2n) is 4.63. The minimum Gasteiger partial charge on any atom is -0.487 e. The Morgan fingerprint density at radius 2 is 2.10 bits per heavy atom. The summed E-state index contributed by atoms with van der Waals surface area (Å²) in [7, 11) is -3.42. The number of benzene rings is 1. The highest BCUT2D eigenvalue weighted by atomic mass is 32.2. The zero-order chi connectivity index (χ0) is 14.2. The lowest BCUT2D eigenvalue weighted by Crippen LogP contribution is -2.09. The van der Waals surface area contributed by atoms with Gasteiger partial charge in [0.2, 0.25) is 9.84 Å². The fourth-order valence-corrected chi connectivity index (χ4v) is 3.65. The first-order chi connectivity index (χ1) is 9.57. The zero-order valence-corrected chi connectivity index (χ0v) is 11.7. The van der Waals surface area contributed by atoms with Gasteiger partial charge >= 0.3 is 0 Å². The molecule has 0 amide bonds. The van der Waals surface area contributed by atoms with E-state index in [9.17, 15) is 8.42 Å². The van der Waals surface area contributed by atoms with E-state index in [4.69, 9.17) is 4.74 Å². The molecule has 0 aliphatic carbocycles. The van der Waals surface area contributed by atoms with Crippen LogP contribution in [0.25, 0.3) is 6.08 Å². The van der Waals surface area contributed by atoms with Crippen molar-refractivity contribution in [3.05, 3.63) is 58.8 Å². The minimum absolute atomic E-state index is 0.0156. The summed E-state index contributed by atoms with van der Waals surface area (Å²) in [5.74, 6) is 0.552. The maximum Gasteiger partial charge on any atom is 0.206 e. The van der Waals surface area contributed by atoms with Gasteiger partial charge in [0.15, 0.2) is 0 Å². The van der Waals surface area contributed by atoms with E-state index in [0.717, 1.165) is 11.1 Å². The van der Waals surface area contributed by atoms with Gasteiger partial charge in [-0.1, -0.05) is 12.1 Å². The third-order valence-electron chi connectivity index (χ3n) is 3.14. The number of sulfone groups is 1. The smallest absolute Gasteiger partial charge is 0.206 e. The van der Waals surface area contributed by atoms with Gasteiger partial charge in [-0.25, -0.2) is 8.42 Å². The lowest BCUT2D eigenvalue weighted by atomic mass is 10.1. The van der Waals surface area contributed by atoms with Gasteiger partial charge in [0.25, 0.3) is 0 Å². The second-order valence-corrected chi connectivity index (χ2v) is 6.60. The topological polar surface area (TPSA) is 56.3 Å². The summed E-state index contributed by atoms with van der Waals surface area (Å²) in [6.07, 6.45) is 4.86. The third kappa shape index (κ3) is 2.20. The van der Waals surface area contributed by atoms with Gasteiger partial charge in [0, 0.05) is 6.20 Å². The SMILES string of the molecule is Cc1ccc2c(c1)S(=O)(=O)C(COc1cccnc1)=C2. The van der Waals surface area contributed by atoms with Crippen LogP contribution in [0.5, 0.6) is 5.75 Å². The first-order valence-electron chi connectivity index (χ1n) is 6.16. The lowest BCUT2D eigenvalue weighted by molar-refractivity contribution is 0.357. The largest absolute Gasteiger partial charge is 0.487 e. The Kier molecular flexibility index (Phi) is 3.06. The number of hydrogen-bond acceptors (Lipinski definition) is 4. The van der Waals surface area contributed by atoms with Crippen LogP contribution in [0.4, 0.5) is 0 Å². The van der Waals surface area contributed by atoms with Crippen LogP contribution in [0.2, 0.25) is 0 Å². The lowest BCUT2D eigenvalue weighted by Gasteiger charge is -2.07. The van der Waals surface area contributed by atoms with E-state index < -0.39 is 9.84 Å². The number of pyridine rings is 1. The first kappa shape index (κ1) is 12.9. The number of ether oxygens (including phenoxy) is 1. The number of nitrogens with zero attached hydrogens (tertiary/aromatic N) is 1. The molecule has 102 valence electrons. The van der Waals surface area contributed by atoms with E-state index >= 15 is 0 Å². The molecule has 2 heterocycles. The van der Waals surface area contributed by atoms with Crippen LogP contribution in [0.15, 0.2) is 52.5 Å². The van der Waals surface area contributed by atoms with Gasteiger partial charge in [0.1, 0.15) is 12.4 Å². The summed E-state index contributed by atoms with van der Waals surface area (Å²) in [4.78, 5) is 4.57. The van der Waals surface area contributed by atoms with Crippen molar-refractivity contribution in [3.63, 3.8) is 0 Å². The Hall–Kier alpha value is -2.14. The molecule has 0 saturated carbocycles. The van der Waals surface area contributed by atoms with E-state index in [1.54, 1.807) is 36.7 Å². The molecule has 1 aliphatic rings. The van der Waals surface area contributed by atoms with Crippen molar-refractivity contribution in [3.8, 4) is 5.75 Å². The summed E-state index contributed by atoms with van der Waals surface area (Å²) in [6, 6.07) is 8.89. The summed E-state index contributed by atoms with van der Waals surface area (Å²) in [5, 5.41) is 0. The number of rotatable bonds is 3. The van der Waals surface area contributed by atoms with E-state index in [1.165, 1.54) is 0 Å². The molecule has 0 radical (unpaired) electrons. The van der Waals surface area contributed by atoms with Crippen molar-refractivity contribution >= 4 is 15.9 Å². The van der Waals surface area contributed by atoms with E-state index in [-0.39, 0.29) is 11.5 Å². The molecule has 0 atom stereocenters. The zero-order valence-electron chi connectivity index (χ0n) is 10.9. The molecule has 0 bridgehead atoms. The van der Waals surface area contributed by atoms with Gasteiger partial charge < -0.3 is 4.74 Å². The Morgan fingerprint density at radius 3 is 2.85 bits per heavy atom. The van der Waals surface area contributed by atoms with Gasteiger partial charge in [-0.05, 0) is 42.3 Å². The van der Waals surface area contributed by atoms with Crippen LogP contribution >= 0.6 is 0 Å². The predicted octanol–water partition coefficient (Wildman–Crippen LogP) is 2.60. The normalized spacial score (nSPS) is 15.6. The molecule has 20 heavy (non-hydrogen) atoms. The summed E-state index contributed by atoms with van der Waals surface area (Å²) in [6.45, 7) is 1.89. The molecular weight excluding hydrogens is 274 g/mol. The van der Waals surface area contributed by atoms with Crippen LogP contribution in [-0.4, -0.2) is 20.0 Å². The van der Waals surface area contributed by atoms with Crippen molar-refractivity contribution in [2.75, 3.05) is 6.61 Å². The molecule has 0 spiro atoms. The van der Waals surface area contributed by atoms with E-state index in [0.29, 0.717) is 10.6 Å². The highest BCUT2D eigenvalue weighted by molar-refractivity contribution is 7.95. The van der Waals surface area contributed by atoms with Crippen molar-refractivity contribution in [1.29, 1.82) is 0 Å². The van der Waals surface area contributed by atoms with Gasteiger partial charge in [-0.2, -0.15) is 0 Å². The first-order valence-corrected chi connectivity index (χ1v) is 7.65. The predicted molar refractivity (Wildman–Crippen MR) is 76.1 cm³/mol. The van der Waals surface area contributed by atoms with Crippen LogP contribution in [0, 0.1) is 6.92 Å². The molecule has 4 nitrogen and oxygen atoms in total. The van der Waals surface area contributed by atoms with Crippen LogP contribution < -0.4 is 4.74 Å². The van der Waals surface area contributed by atoms with Gasteiger partial charge in [-0.15, -0.1) is 0 Å². The molecule has 0 N–H and O–H groups in total. The molecule has 0 unspecified atom stereocenters. The number of fused-ring (bicyclic) bond motifs is 1. The Balaban J connectivity index is 1.86. The number of hydrogen-bond donors (Lipinski definition) is 0. The second kappa shape index (κ2) is 4.76. The molecule has 0 fully saturated rings. The Labute approximate surface area is 117 Å². The standard InChI is InChI=1S/C15H13NO3S/c1-11-4-5-12-8-14(20(17,18)15(12)7-11)10-19-13-3-2-6-16-9-13/h2-9H,10H2,1H3. The highest BCUT2D eigenvalue weighted by Crippen LogP contribution is 2.33. The van der Waals surface area contributed by atoms with Crippen LogP contribution in [0.1, 0.15) is 11.1 Å². The van der Waals surface area contributed by atoms with Crippen molar-refractivity contribution in [2.45, 2.75) is 11.8 Å². The molecule has 0 saturated heterocycles. The molecule has 3 rings (SSSR count). The van der Waals surface area contributed by atoms with Crippen molar-refractivity contribution in [1.82, 2.24) is 4.98 Å². The number of aromatic nitrogens is 1. The van der Waals surface area contributed by atoms with Gasteiger partial charge in [0.05, 0.1) is 16.0 Å². The number of aryl methyl sites for hydroxylation is 1. The molecule has 2 aromatic rings. The maximum atomic E-state index is 12.4. The molecule has 1 aliphatic heterocycles. The third-order valence-corrected chi connectivity index (χ3v) is 4.99. The maximum absolute atomic E-state index is 12.4. The van der Waals surface area contributed by atoms with E-state index in [1.807, 2.05) is 19.1 Å². The molecular formula is C15H13NO3S. The fourth-order valence-electron chi connectivity index (χ4n) is 2.09. The van der Waals surface area contributed by atoms with Gasteiger partial charge in [-0.3, -0.25) is 4.98 Å². The highest BCUT2D eigenvalue weighted by Gasteiger charge is 2.29. The summed E-state index contributed by atoms with van der Waals surface area (Å²) in [5.41, 5.74) is 1.65. The summed E-state index contributed by atoms with van der Waals surface area (Å²) < 4.78 is 30.3. The van der Waals surface area contributed by atoms with Crippen molar-refractivity contribution in [2.24, 2.45) is 0 Å². The summed E-state index contributed by atoms with van der Waals surface area (Å²) >= 11 is 0. The van der Waals surface area contributed by atoms with E-state index in [2.05, 4.69) is 4.98 Å².